The van der Waals surface area contributed by atoms with Crippen LogP contribution in [0.1, 0.15) is 40.1 Å². The number of carbonyl (C=O) groups excluding carboxylic acids is 2. The van der Waals surface area contributed by atoms with E-state index in [1.165, 1.54) is 15.8 Å². The molecule has 0 saturated carbocycles. The molecule has 1 aliphatic heterocycles. The number of nitrogens with two attached hydrogens (primary N) is 1. The molecule has 1 fully saturated rings. The fraction of sp³-hybridized carbons (Fsp3) is 0.355. The topological polar surface area (TPSA) is 189 Å². The molecule has 0 spiro atoms. The van der Waals surface area contributed by atoms with E-state index in [1.807, 2.05) is 6.92 Å². The van der Waals surface area contributed by atoms with Gasteiger partial charge in [-0.1, -0.05) is 18.5 Å². The predicted molar refractivity (Wildman–Crippen MR) is 178 cm³/mol. The molecule has 5 rings (SSSR count). The molecule has 15 nitrogen and oxygen atoms in total. The number of rotatable bonds is 8. The van der Waals surface area contributed by atoms with Crippen LogP contribution in [0.15, 0.2) is 45.6 Å². The van der Waals surface area contributed by atoms with Gasteiger partial charge in [-0.15, -0.1) is 10.2 Å². The van der Waals surface area contributed by atoms with E-state index < -0.39 is 35.5 Å². The third-order valence-electron chi connectivity index (χ3n) is 8.20. The fourth-order valence-corrected chi connectivity index (χ4v) is 5.67. The highest BCUT2D eigenvalue weighted by Gasteiger charge is 2.32. The predicted octanol–water partition coefficient (Wildman–Crippen LogP) is 4.53. The molecule has 2 amide bonds. The molecule has 0 bridgehead atoms. The number of alkyl halides is 3. The van der Waals surface area contributed by atoms with Crippen molar-refractivity contribution in [2.24, 2.45) is 17.3 Å². The summed E-state index contributed by atoms with van der Waals surface area (Å²) in [6.45, 7) is 5.36. The minimum Gasteiger partial charge on any atom is -0.504 e. The van der Waals surface area contributed by atoms with Crippen LogP contribution >= 0.6 is 11.6 Å². The largest absolute Gasteiger partial charge is 0.504 e. The molecule has 264 valence electrons. The second kappa shape index (κ2) is 14.1. The maximum absolute atomic E-state index is 13.9. The van der Waals surface area contributed by atoms with Gasteiger partial charge in [-0.25, -0.2) is 9.97 Å². The first-order valence-corrected chi connectivity index (χ1v) is 15.7. The lowest BCUT2D eigenvalue weighted by Crippen LogP contribution is -2.50. The maximum atomic E-state index is 13.9. The van der Waals surface area contributed by atoms with Crippen LogP contribution < -0.4 is 21.4 Å². The van der Waals surface area contributed by atoms with Gasteiger partial charge in [0.05, 0.1) is 22.0 Å². The Morgan fingerprint density at radius 3 is 2.40 bits per heavy atom. The third-order valence-corrected chi connectivity index (χ3v) is 8.51. The number of halogens is 4. The number of aromatic hydroxyl groups is 1. The minimum absolute atomic E-state index is 0.0604. The van der Waals surface area contributed by atoms with E-state index in [2.05, 4.69) is 30.6 Å². The number of carbonyl (C=O) groups is 2. The van der Waals surface area contributed by atoms with E-state index in [0.717, 1.165) is 17.8 Å². The van der Waals surface area contributed by atoms with E-state index in [9.17, 15) is 32.7 Å². The Morgan fingerprint density at radius 2 is 1.80 bits per heavy atom. The van der Waals surface area contributed by atoms with Crippen molar-refractivity contribution in [2.75, 3.05) is 42.1 Å². The van der Waals surface area contributed by atoms with Crippen molar-refractivity contribution in [3.63, 3.8) is 0 Å². The second-order valence-corrected chi connectivity index (χ2v) is 11.9. The molecule has 0 unspecified atom stereocenters. The van der Waals surface area contributed by atoms with Crippen molar-refractivity contribution in [3.8, 4) is 5.75 Å². The molecular weight excluding hydrogens is 683 g/mol. The molecule has 0 radical (unpaired) electrons. The van der Waals surface area contributed by atoms with Crippen LogP contribution in [0.5, 0.6) is 5.75 Å². The Balaban J connectivity index is 1.50. The number of azo groups is 1. The third kappa shape index (κ3) is 7.24. The van der Waals surface area contributed by atoms with Gasteiger partial charge in [0.1, 0.15) is 24.2 Å². The average Bonchev–Trinajstić information content (AvgIpc) is 3.40. The Kier molecular flexibility index (Phi) is 10.1. The van der Waals surface area contributed by atoms with Crippen molar-refractivity contribution in [1.29, 1.82) is 0 Å². The van der Waals surface area contributed by atoms with E-state index >= 15 is 0 Å². The first-order chi connectivity index (χ1) is 23.6. The standard InChI is InChI=1S/C31H33ClF3N11O4/c1-5-21-26(44-8-10-45(11-9-44)30(50)25-27(48)17(3)37-15-38-25)28(49)24(36)29(41-40-22-12-16(2)43(4)42-22)46(21)14-23(47)39-20-7-6-18(13-19(20)32)31(33,34)35/h6-7,12-13,15,48H,5,8-11,14,36H2,1-4H3,(H,39,47). The van der Waals surface area contributed by atoms with Gasteiger partial charge >= 0.3 is 6.18 Å². The van der Waals surface area contributed by atoms with Crippen LogP contribution in [0.3, 0.4) is 0 Å². The lowest BCUT2D eigenvalue weighted by Gasteiger charge is -2.37. The van der Waals surface area contributed by atoms with Gasteiger partial charge in [-0.2, -0.15) is 18.3 Å². The van der Waals surface area contributed by atoms with E-state index in [4.69, 9.17) is 17.3 Å². The summed E-state index contributed by atoms with van der Waals surface area (Å²) < 4.78 is 42.5. The summed E-state index contributed by atoms with van der Waals surface area (Å²) in [7, 11) is 1.71. The number of hydrogen-bond donors (Lipinski definition) is 3. The van der Waals surface area contributed by atoms with Crippen LogP contribution in [0.25, 0.3) is 0 Å². The monoisotopic (exact) mass is 715 g/mol. The van der Waals surface area contributed by atoms with Crippen molar-refractivity contribution in [2.45, 2.75) is 39.9 Å². The Hall–Kier alpha value is -5.52. The molecule has 4 aromatic rings. The van der Waals surface area contributed by atoms with E-state index in [1.54, 1.807) is 36.5 Å². The molecule has 0 atom stereocenters. The summed E-state index contributed by atoms with van der Waals surface area (Å²) in [5.41, 5.74) is 5.93. The molecule has 4 heterocycles. The lowest BCUT2D eigenvalue weighted by molar-refractivity contribution is -0.137. The first kappa shape index (κ1) is 35.8. The molecule has 1 aliphatic rings. The second-order valence-electron chi connectivity index (χ2n) is 11.4. The molecule has 1 aromatic carbocycles. The Morgan fingerprint density at radius 1 is 1.10 bits per heavy atom. The molecule has 1 saturated heterocycles. The van der Waals surface area contributed by atoms with Crippen molar-refractivity contribution in [3.05, 3.63) is 74.2 Å². The fourth-order valence-electron chi connectivity index (χ4n) is 5.45. The highest BCUT2D eigenvalue weighted by molar-refractivity contribution is 6.33. The summed E-state index contributed by atoms with van der Waals surface area (Å²) in [4.78, 5) is 51.6. The van der Waals surface area contributed by atoms with Crippen LogP contribution in [0.4, 0.5) is 41.9 Å². The molecular formula is C31H33ClF3N11O4. The molecule has 19 heteroatoms. The zero-order valence-corrected chi connectivity index (χ0v) is 28.2. The number of nitrogen functional groups attached to an aromatic ring is 1. The van der Waals surface area contributed by atoms with E-state index in [0.29, 0.717) is 11.8 Å². The van der Waals surface area contributed by atoms with Crippen LogP contribution in [-0.2, 0) is 31.0 Å². The highest BCUT2D eigenvalue weighted by atomic mass is 35.5. The van der Waals surface area contributed by atoms with Gasteiger partial charge < -0.3 is 30.5 Å². The molecule has 0 aliphatic carbocycles. The summed E-state index contributed by atoms with van der Waals surface area (Å²) in [6, 6.07) is 4.19. The van der Waals surface area contributed by atoms with Gasteiger partial charge in [0.25, 0.3) is 5.91 Å². The number of aromatic nitrogens is 5. The van der Waals surface area contributed by atoms with Crippen LogP contribution in [0, 0.1) is 13.8 Å². The number of nitrogens with zero attached hydrogens (tertiary/aromatic N) is 9. The van der Waals surface area contributed by atoms with Crippen molar-refractivity contribution in [1.82, 2.24) is 29.2 Å². The maximum Gasteiger partial charge on any atom is 0.416 e. The summed E-state index contributed by atoms with van der Waals surface area (Å²) in [5, 5.41) is 25.1. The van der Waals surface area contributed by atoms with Crippen molar-refractivity contribution >= 4 is 52.1 Å². The normalized spacial score (nSPS) is 13.7. The van der Waals surface area contributed by atoms with Gasteiger partial charge in [-0.3, -0.25) is 19.1 Å². The number of amides is 2. The van der Waals surface area contributed by atoms with Crippen molar-refractivity contribution < 1.29 is 27.9 Å². The zero-order valence-electron chi connectivity index (χ0n) is 27.4. The summed E-state index contributed by atoms with van der Waals surface area (Å²) in [5.74, 6) is -1.42. The molecule has 50 heavy (non-hydrogen) atoms. The number of nitrogens with one attached hydrogen (secondary N) is 1. The summed E-state index contributed by atoms with van der Waals surface area (Å²) >= 11 is 6.09. The number of benzene rings is 1. The SMILES string of the molecule is CCc1c(N2CCN(C(=O)c3ncnc(C)c3O)CC2)c(=O)c(N)c(N=Nc2cc(C)n(C)n2)n1CC(=O)Nc1ccc(C(F)(F)F)cc1Cl. The summed E-state index contributed by atoms with van der Waals surface area (Å²) in [6.07, 6.45) is -3.22. The van der Waals surface area contributed by atoms with Crippen LogP contribution in [0.2, 0.25) is 5.02 Å². The number of anilines is 3. The van der Waals surface area contributed by atoms with Crippen LogP contribution in [-0.4, -0.2) is 72.3 Å². The van der Waals surface area contributed by atoms with E-state index in [-0.39, 0.29) is 83.5 Å². The minimum atomic E-state index is -4.63. The quantitative estimate of drug-likeness (QED) is 0.220. The average molecular weight is 716 g/mol. The molecule has 3 aromatic heterocycles. The van der Waals surface area contributed by atoms with Gasteiger partial charge in [0.2, 0.25) is 11.3 Å². The van der Waals surface area contributed by atoms with Gasteiger partial charge in [-0.05, 0) is 38.5 Å². The number of aryl methyl sites for hydroxylation is 3. The number of pyridine rings is 1. The lowest BCUT2D eigenvalue weighted by atomic mass is 10.1. The number of hydrogen-bond acceptors (Lipinski definition) is 11. The Bertz CT molecular complexity index is 2040. The number of piperazine rings is 1. The zero-order chi connectivity index (χ0) is 36.5. The Labute approximate surface area is 288 Å². The van der Waals surface area contributed by atoms with Gasteiger partial charge in [0.15, 0.2) is 23.1 Å². The smallest absolute Gasteiger partial charge is 0.416 e. The molecule has 4 N–H and O–H groups in total. The first-order valence-electron chi connectivity index (χ1n) is 15.3. The highest BCUT2D eigenvalue weighted by Crippen LogP contribution is 2.35. The van der Waals surface area contributed by atoms with Gasteiger partial charge in [0, 0.05) is 50.7 Å².